The van der Waals surface area contributed by atoms with Crippen LogP contribution in [0.3, 0.4) is 0 Å². The first-order valence-electron chi connectivity index (χ1n) is 8.22. The molecule has 1 aromatic rings. The van der Waals surface area contributed by atoms with Crippen molar-refractivity contribution in [2.45, 2.75) is 31.1 Å². The smallest absolute Gasteiger partial charge is 0.244 e. The van der Waals surface area contributed by atoms with Gasteiger partial charge in [0.05, 0.1) is 18.7 Å². The maximum atomic E-state index is 12.8. The van der Waals surface area contributed by atoms with E-state index in [4.69, 9.17) is 4.74 Å². The van der Waals surface area contributed by atoms with Crippen molar-refractivity contribution < 1.29 is 17.9 Å². The first-order chi connectivity index (χ1) is 11.4. The van der Waals surface area contributed by atoms with Crippen LogP contribution >= 0.6 is 0 Å². The first-order valence-corrected chi connectivity index (χ1v) is 9.66. The Morgan fingerprint density at radius 2 is 2.04 bits per heavy atom. The number of carbonyl (C=O) groups excluding carboxylic acids is 1. The number of amides is 1. The molecule has 2 aliphatic rings. The fraction of sp³-hybridized carbons (Fsp3) is 0.625. The van der Waals surface area contributed by atoms with Gasteiger partial charge in [-0.05, 0) is 25.3 Å². The van der Waals surface area contributed by atoms with Gasteiger partial charge in [-0.1, -0.05) is 6.92 Å². The summed E-state index contributed by atoms with van der Waals surface area (Å²) in [4.78, 5) is 18.7. The number of likely N-dealkylation sites (tertiary alicyclic amines) is 1. The highest BCUT2D eigenvalue weighted by molar-refractivity contribution is 7.89. The first kappa shape index (κ1) is 17.2. The molecule has 2 saturated heterocycles. The molecule has 1 amide bonds. The zero-order valence-electron chi connectivity index (χ0n) is 14.1. The van der Waals surface area contributed by atoms with Crippen molar-refractivity contribution in [1.29, 1.82) is 0 Å². The molecule has 1 atom stereocenters. The van der Waals surface area contributed by atoms with E-state index in [0.29, 0.717) is 18.8 Å². The number of methoxy groups -OCH3 is 1. The Labute approximate surface area is 142 Å². The minimum absolute atomic E-state index is 0.106. The number of aromatic nitrogens is 1. The summed E-state index contributed by atoms with van der Waals surface area (Å²) in [6.07, 6.45) is 3.55. The molecule has 0 aromatic carbocycles. The molecule has 2 aliphatic heterocycles. The van der Waals surface area contributed by atoms with E-state index in [1.165, 1.54) is 29.7 Å². The number of carbonyl (C=O) groups is 1. The third-order valence-electron chi connectivity index (χ3n) is 4.97. The topological polar surface area (TPSA) is 79.8 Å². The summed E-state index contributed by atoms with van der Waals surface area (Å²) in [6.45, 7) is 4.15. The number of sulfonamides is 1. The van der Waals surface area contributed by atoms with Crippen LogP contribution in [0.4, 0.5) is 0 Å². The molecule has 3 rings (SSSR count). The fourth-order valence-corrected chi connectivity index (χ4v) is 5.06. The van der Waals surface area contributed by atoms with Gasteiger partial charge in [0.1, 0.15) is 4.90 Å². The average molecular weight is 353 g/mol. The van der Waals surface area contributed by atoms with Crippen molar-refractivity contribution in [3.05, 3.63) is 18.3 Å². The van der Waals surface area contributed by atoms with E-state index in [2.05, 4.69) is 4.98 Å². The Balaban J connectivity index is 1.78. The third-order valence-corrected chi connectivity index (χ3v) is 6.80. The normalized spacial score (nSPS) is 24.9. The molecule has 1 spiro atoms. The van der Waals surface area contributed by atoms with Crippen LogP contribution in [0.15, 0.2) is 23.2 Å². The molecule has 0 N–H and O–H groups in total. The lowest BCUT2D eigenvalue weighted by Crippen LogP contribution is -2.38. The molecule has 0 saturated carbocycles. The second-order valence-corrected chi connectivity index (χ2v) is 8.39. The van der Waals surface area contributed by atoms with Gasteiger partial charge in [-0.2, -0.15) is 4.31 Å². The van der Waals surface area contributed by atoms with Crippen LogP contribution in [0.2, 0.25) is 0 Å². The van der Waals surface area contributed by atoms with E-state index < -0.39 is 15.4 Å². The standard InChI is InChI=1S/C16H23N3O4S/c1-3-8-18-9-6-16(15(18)20)7-10-19(12-16)24(21,22)13-4-5-14(23-2)17-11-13/h4-5,11H,3,6-10,12H2,1-2H3. The highest BCUT2D eigenvalue weighted by Gasteiger charge is 2.52. The zero-order valence-corrected chi connectivity index (χ0v) is 14.9. The Kier molecular flexibility index (Phi) is 4.52. The van der Waals surface area contributed by atoms with Crippen LogP contribution in [-0.4, -0.2) is 61.8 Å². The van der Waals surface area contributed by atoms with Gasteiger partial charge < -0.3 is 9.64 Å². The van der Waals surface area contributed by atoms with E-state index in [1.54, 1.807) is 0 Å². The van der Waals surface area contributed by atoms with E-state index in [9.17, 15) is 13.2 Å². The third kappa shape index (κ3) is 2.77. The van der Waals surface area contributed by atoms with E-state index in [-0.39, 0.29) is 17.3 Å². The highest BCUT2D eigenvalue weighted by Crippen LogP contribution is 2.42. The predicted octanol–water partition coefficient (Wildman–Crippen LogP) is 1.11. The summed E-state index contributed by atoms with van der Waals surface area (Å²) in [6, 6.07) is 3.02. The number of hydrogen-bond donors (Lipinski definition) is 0. The van der Waals surface area contributed by atoms with Crippen molar-refractivity contribution in [3.63, 3.8) is 0 Å². The van der Waals surface area contributed by atoms with Crippen LogP contribution in [0.1, 0.15) is 26.2 Å². The Hall–Kier alpha value is -1.67. The lowest BCUT2D eigenvalue weighted by atomic mass is 9.86. The predicted molar refractivity (Wildman–Crippen MR) is 88.1 cm³/mol. The molecular formula is C16H23N3O4S. The number of ether oxygens (including phenoxy) is 1. The minimum Gasteiger partial charge on any atom is -0.481 e. The molecular weight excluding hydrogens is 330 g/mol. The van der Waals surface area contributed by atoms with Gasteiger partial charge in [0.15, 0.2) is 0 Å². The van der Waals surface area contributed by atoms with Crippen LogP contribution < -0.4 is 4.74 Å². The van der Waals surface area contributed by atoms with Crippen LogP contribution in [0.5, 0.6) is 5.88 Å². The lowest BCUT2D eigenvalue weighted by molar-refractivity contribution is -0.135. The molecule has 0 aliphatic carbocycles. The van der Waals surface area contributed by atoms with Crippen molar-refractivity contribution in [2.24, 2.45) is 5.41 Å². The van der Waals surface area contributed by atoms with Crippen LogP contribution in [-0.2, 0) is 14.8 Å². The Bertz CT molecular complexity index is 719. The summed E-state index contributed by atoms with van der Waals surface area (Å²) in [7, 11) is -2.16. The Morgan fingerprint density at radius 1 is 1.29 bits per heavy atom. The largest absolute Gasteiger partial charge is 0.481 e. The minimum atomic E-state index is -3.64. The molecule has 1 unspecified atom stereocenters. The zero-order chi connectivity index (χ0) is 17.4. The summed E-state index contributed by atoms with van der Waals surface area (Å²) in [5.74, 6) is 0.475. The summed E-state index contributed by atoms with van der Waals surface area (Å²) in [5.41, 5.74) is -0.540. The fourth-order valence-electron chi connectivity index (χ4n) is 3.58. The lowest BCUT2D eigenvalue weighted by Gasteiger charge is -2.23. The number of pyridine rings is 1. The van der Waals surface area contributed by atoms with Crippen molar-refractivity contribution in [3.8, 4) is 5.88 Å². The summed E-state index contributed by atoms with van der Waals surface area (Å²) in [5, 5.41) is 0. The van der Waals surface area contributed by atoms with Crippen molar-refractivity contribution >= 4 is 15.9 Å². The van der Waals surface area contributed by atoms with Crippen LogP contribution in [0.25, 0.3) is 0 Å². The molecule has 2 fully saturated rings. The monoisotopic (exact) mass is 353 g/mol. The summed E-state index contributed by atoms with van der Waals surface area (Å²) >= 11 is 0. The highest BCUT2D eigenvalue weighted by atomic mass is 32.2. The number of hydrogen-bond acceptors (Lipinski definition) is 5. The van der Waals surface area contributed by atoms with Gasteiger partial charge in [0, 0.05) is 32.2 Å². The van der Waals surface area contributed by atoms with Gasteiger partial charge in [-0.3, -0.25) is 4.79 Å². The SMILES string of the molecule is CCCN1CCC2(CCN(S(=O)(=O)c3ccc(OC)nc3)C2)C1=O. The molecule has 0 radical (unpaired) electrons. The van der Waals surface area contributed by atoms with Gasteiger partial charge in [0.2, 0.25) is 21.8 Å². The van der Waals surface area contributed by atoms with Crippen LogP contribution in [0, 0.1) is 5.41 Å². The maximum absolute atomic E-state index is 12.8. The number of nitrogens with zero attached hydrogens (tertiary/aromatic N) is 3. The molecule has 7 nitrogen and oxygen atoms in total. The molecule has 24 heavy (non-hydrogen) atoms. The quantitative estimate of drug-likeness (QED) is 0.792. The second kappa shape index (κ2) is 6.33. The van der Waals surface area contributed by atoms with E-state index in [1.807, 2.05) is 11.8 Å². The van der Waals surface area contributed by atoms with Gasteiger partial charge in [0.25, 0.3) is 0 Å². The second-order valence-electron chi connectivity index (χ2n) is 6.45. The van der Waals surface area contributed by atoms with E-state index >= 15 is 0 Å². The van der Waals surface area contributed by atoms with Crippen molar-refractivity contribution in [1.82, 2.24) is 14.2 Å². The maximum Gasteiger partial charge on any atom is 0.244 e. The Morgan fingerprint density at radius 3 is 2.67 bits per heavy atom. The average Bonchev–Trinajstić information content (AvgIpc) is 3.16. The van der Waals surface area contributed by atoms with Gasteiger partial charge >= 0.3 is 0 Å². The number of rotatable bonds is 5. The van der Waals surface area contributed by atoms with Gasteiger partial charge in [-0.15, -0.1) is 0 Å². The summed E-state index contributed by atoms with van der Waals surface area (Å²) < 4.78 is 32.0. The van der Waals surface area contributed by atoms with E-state index in [0.717, 1.165) is 25.9 Å². The molecule has 1 aromatic heterocycles. The van der Waals surface area contributed by atoms with Gasteiger partial charge in [-0.25, -0.2) is 13.4 Å². The molecule has 132 valence electrons. The van der Waals surface area contributed by atoms with Crippen molar-refractivity contribution in [2.75, 3.05) is 33.3 Å². The molecule has 8 heteroatoms. The molecule has 3 heterocycles. The molecule has 0 bridgehead atoms.